The summed E-state index contributed by atoms with van der Waals surface area (Å²) in [6.45, 7) is 0. The zero-order chi connectivity index (χ0) is 12.0. The molecule has 0 heterocycles. The van der Waals surface area contributed by atoms with Crippen LogP contribution in [0.25, 0.3) is 0 Å². The Labute approximate surface area is 93.1 Å². The van der Waals surface area contributed by atoms with E-state index < -0.39 is 5.97 Å². The zero-order valence-corrected chi connectivity index (χ0v) is 8.65. The van der Waals surface area contributed by atoms with Gasteiger partial charge in [0.25, 0.3) is 0 Å². The van der Waals surface area contributed by atoms with Crippen molar-refractivity contribution in [3.05, 3.63) is 29.3 Å². The average Bonchev–Trinajstić information content (AvgIpc) is 2.26. The number of rotatable bonds is 3. The maximum atomic E-state index is 10.6. The Morgan fingerprint density at radius 1 is 1.56 bits per heavy atom. The molecule has 0 unspecified atom stereocenters. The highest BCUT2D eigenvalue weighted by molar-refractivity contribution is 5.71. The predicted octanol–water partition coefficient (Wildman–Crippen LogP) is 1.20. The molecular formula is C12H9NO3. The third-order valence-corrected chi connectivity index (χ3v) is 1.88. The molecule has 0 bridgehead atoms. The summed E-state index contributed by atoms with van der Waals surface area (Å²) in [6.07, 6.45) is -0.134. The summed E-state index contributed by atoms with van der Waals surface area (Å²) in [5.41, 5.74) is 1.14. The Kier molecular flexibility index (Phi) is 3.94. The van der Waals surface area contributed by atoms with E-state index in [9.17, 15) is 4.79 Å². The van der Waals surface area contributed by atoms with Crippen molar-refractivity contribution in [3.63, 3.8) is 0 Å². The lowest BCUT2D eigenvalue weighted by molar-refractivity contribution is -0.136. The Hall–Kier alpha value is -2.46. The SMILES string of the molecule is COc1ccc(C#CC#N)cc1CC(=O)O. The molecule has 1 rings (SSSR count). The molecule has 0 aromatic heterocycles. The van der Waals surface area contributed by atoms with Gasteiger partial charge in [0.05, 0.1) is 13.5 Å². The minimum Gasteiger partial charge on any atom is -0.496 e. The molecule has 0 saturated heterocycles. The second-order valence-corrected chi connectivity index (χ2v) is 2.96. The van der Waals surface area contributed by atoms with E-state index in [0.717, 1.165) is 0 Å². The summed E-state index contributed by atoms with van der Waals surface area (Å²) >= 11 is 0. The Morgan fingerprint density at radius 3 is 2.88 bits per heavy atom. The van der Waals surface area contributed by atoms with E-state index in [4.69, 9.17) is 15.1 Å². The predicted molar refractivity (Wildman–Crippen MR) is 56.8 cm³/mol. The molecule has 0 aliphatic heterocycles. The van der Waals surface area contributed by atoms with E-state index in [-0.39, 0.29) is 6.42 Å². The first-order valence-electron chi connectivity index (χ1n) is 4.46. The van der Waals surface area contributed by atoms with E-state index in [1.807, 2.05) is 0 Å². The molecule has 0 amide bonds. The molecule has 1 aromatic carbocycles. The molecule has 0 spiro atoms. The number of hydrogen-bond donors (Lipinski definition) is 1. The molecule has 0 saturated carbocycles. The third-order valence-electron chi connectivity index (χ3n) is 1.88. The highest BCUT2D eigenvalue weighted by atomic mass is 16.5. The van der Waals surface area contributed by atoms with Gasteiger partial charge in [-0.1, -0.05) is 5.92 Å². The second kappa shape index (κ2) is 5.43. The van der Waals surface area contributed by atoms with Crippen molar-refractivity contribution < 1.29 is 14.6 Å². The van der Waals surface area contributed by atoms with Crippen molar-refractivity contribution in [1.29, 1.82) is 5.26 Å². The van der Waals surface area contributed by atoms with Crippen LogP contribution in [0, 0.1) is 23.2 Å². The number of carbonyl (C=O) groups is 1. The van der Waals surface area contributed by atoms with Gasteiger partial charge in [-0.15, -0.1) is 0 Å². The van der Waals surface area contributed by atoms with Crippen LogP contribution in [0.1, 0.15) is 11.1 Å². The van der Waals surface area contributed by atoms with E-state index in [1.54, 1.807) is 24.3 Å². The fraction of sp³-hybridized carbons (Fsp3) is 0.167. The first-order chi connectivity index (χ1) is 7.67. The van der Waals surface area contributed by atoms with E-state index in [2.05, 4.69) is 11.8 Å². The third kappa shape index (κ3) is 3.04. The second-order valence-electron chi connectivity index (χ2n) is 2.96. The minimum atomic E-state index is -0.941. The summed E-state index contributed by atoms with van der Waals surface area (Å²) in [4.78, 5) is 10.6. The van der Waals surface area contributed by atoms with Crippen LogP contribution in [0.3, 0.4) is 0 Å². The first-order valence-corrected chi connectivity index (χ1v) is 4.46. The van der Waals surface area contributed by atoms with Gasteiger partial charge in [-0.3, -0.25) is 4.79 Å². The van der Waals surface area contributed by atoms with Gasteiger partial charge in [0.2, 0.25) is 0 Å². The van der Waals surface area contributed by atoms with Gasteiger partial charge in [-0.2, -0.15) is 5.26 Å². The molecular weight excluding hydrogens is 206 g/mol. The fourth-order valence-corrected chi connectivity index (χ4v) is 1.26. The number of carboxylic acid groups (broad SMARTS) is 1. The van der Waals surface area contributed by atoms with Gasteiger partial charge >= 0.3 is 5.97 Å². The maximum absolute atomic E-state index is 10.6. The van der Waals surface area contributed by atoms with Gasteiger partial charge in [0, 0.05) is 17.0 Å². The largest absolute Gasteiger partial charge is 0.496 e. The molecule has 16 heavy (non-hydrogen) atoms. The summed E-state index contributed by atoms with van der Waals surface area (Å²) in [7, 11) is 1.47. The molecule has 0 radical (unpaired) electrons. The molecule has 4 nitrogen and oxygen atoms in total. The van der Waals surface area contributed by atoms with E-state index in [1.165, 1.54) is 7.11 Å². The zero-order valence-electron chi connectivity index (χ0n) is 8.65. The lowest BCUT2D eigenvalue weighted by Gasteiger charge is -2.06. The summed E-state index contributed by atoms with van der Waals surface area (Å²) in [5, 5.41) is 17.0. The van der Waals surface area contributed by atoms with Crippen molar-refractivity contribution in [1.82, 2.24) is 0 Å². The Bertz CT molecular complexity index is 503. The van der Waals surface area contributed by atoms with Crippen LogP contribution < -0.4 is 4.74 Å². The monoisotopic (exact) mass is 215 g/mol. The maximum Gasteiger partial charge on any atom is 0.307 e. The standard InChI is InChI=1S/C12H9NO3/c1-16-11-5-4-9(3-2-6-13)7-10(11)8-12(14)15/h4-5,7H,8H2,1H3,(H,14,15). The molecule has 1 N–H and O–H groups in total. The lowest BCUT2D eigenvalue weighted by Crippen LogP contribution is -2.02. The summed E-state index contributed by atoms with van der Waals surface area (Å²) in [6, 6.07) is 6.62. The first kappa shape index (κ1) is 11.6. The van der Waals surface area contributed by atoms with Gasteiger partial charge in [0.1, 0.15) is 5.75 Å². The van der Waals surface area contributed by atoms with Gasteiger partial charge in [0.15, 0.2) is 6.07 Å². The fourth-order valence-electron chi connectivity index (χ4n) is 1.26. The minimum absolute atomic E-state index is 0.134. The number of nitriles is 1. The lowest BCUT2D eigenvalue weighted by atomic mass is 10.1. The smallest absolute Gasteiger partial charge is 0.307 e. The normalized spacial score (nSPS) is 8.50. The highest BCUT2D eigenvalue weighted by Gasteiger charge is 2.07. The van der Waals surface area contributed by atoms with Crippen LogP contribution in [0.15, 0.2) is 18.2 Å². The van der Waals surface area contributed by atoms with Crippen molar-refractivity contribution in [2.24, 2.45) is 0 Å². The molecule has 0 aliphatic carbocycles. The number of ether oxygens (including phenoxy) is 1. The van der Waals surface area contributed by atoms with Crippen LogP contribution in [-0.2, 0) is 11.2 Å². The Balaban J connectivity index is 3.11. The summed E-state index contributed by atoms with van der Waals surface area (Å²) < 4.78 is 5.03. The molecule has 80 valence electrons. The average molecular weight is 215 g/mol. The number of methoxy groups -OCH3 is 1. The number of hydrogen-bond acceptors (Lipinski definition) is 3. The molecule has 0 aliphatic rings. The number of carboxylic acids is 1. The van der Waals surface area contributed by atoms with Crippen molar-refractivity contribution in [3.8, 4) is 23.7 Å². The van der Waals surface area contributed by atoms with Gasteiger partial charge < -0.3 is 9.84 Å². The van der Waals surface area contributed by atoms with Crippen LogP contribution in [0.2, 0.25) is 0 Å². The number of aliphatic carboxylic acids is 1. The quantitative estimate of drug-likeness (QED) is 0.769. The van der Waals surface area contributed by atoms with Crippen LogP contribution >= 0.6 is 0 Å². The Morgan fingerprint density at radius 2 is 2.31 bits per heavy atom. The van der Waals surface area contributed by atoms with Crippen LogP contribution in [-0.4, -0.2) is 18.2 Å². The molecule has 0 fully saturated rings. The van der Waals surface area contributed by atoms with E-state index in [0.29, 0.717) is 16.9 Å². The van der Waals surface area contributed by atoms with Crippen LogP contribution in [0.4, 0.5) is 0 Å². The van der Waals surface area contributed by atoms with Gasteiger partial charge in [-0.05, 0) is 18.2 Å². The number of benzene rings is 1. The summed E-state index contributed by atoms with van der Waals surface area (Å²) in [5.74, 6) is 4.41. The molecule has 1 aromatic rings. The van der Waals surface area contributed by atoms with Crippen LogP contribution in [0.5, 0.6) is 5.75 Å². The van der Waals surface area contributed by atoms with Gasteiger partial charge in [-0.25, -0.2) is 0 Å². The van der Waals surface area contributed by atoms with Crippen molar-refractivity contribution in [2.75, 3.05) is 7.11 Å². The van der Waals surface area contributed by atoms with Crippen molar-refractivity contribution >= 4 is 5.97 Å². The topological polar surface area (TPSA) is 70.3 Å². The number of nitrogens with zero attached hydrogens (tertiary/aromatic N) is 1. The van der Waals surface area contributed by atoms with Crippen molar-refractivity contribution in [2.45, 2.75) is 6.42 Å². The molecule has 4 heteroatoms. The molecule has 0 atom stereocenters. The highest BCUT2D eigenvalue weighted by Crippen LogP contribution is 2.20. The van der Waals surface area contributed by atoms with E-state index >= 15 is 0 Å².